The van der Waals surface area contributed by atoms with Crippen molar-refractivity contribution in [2.75, 3.05) is 13.1 Å². The Morgan fingerprint density at radius 2 is 2.26 bits per heavy atom. The van der Waals surface area contributed by atoms with Gasteiger partial charge in [0.25, 0.3) is 11.6 Å². The van der Waals surface area contributed by atoms with Gasteiger partial charge < -0.3 is 10.0 Å². The van der Waals surface area contributed by atoms with Gasteiger partial charge in [0.2, 0.25) is 0 Å². The quantitative estimate of drug-likeness (QED) is 0.663. The lowest BCUT2D eigenvalue weighted by Gasteiger charge is -2.30. The highest BCUT2D eigenvalue weighted by Crippen LogP contribution is 2.25. The molecule has 0 radical (unpaired) electrons. The average molecular weight is 285 g/mol. The fraction of sp³-hybridized carbons (Fsp3) is 0.417. The molecule has 2 rings (SSSR count). The van der Waals surface area contributed by atoms with Crippen molar-refractivity contribution >= 4 is 23.2 Å². The van der Waals surface area contributed by atoms with Crippen LogP contribution in [0, 0.1) is 10.1 Å². The van der Waals surface area contributed by atoms with Gasteiger partial charge in [0.05, 0.1) is 11.0 Å². The van der Waals surface area contributed by atoms with Gasteiger partial charge in [-0.3, -0.25) is 14.9 Å². The normalized spacial score (nSPS) is 19.3. The molecule has 1 unspecified atom stereocenters. The summed E-state index contributed by atoms with van der Waals surface area (Å²) in [5, 5.41) is 20.7. The standard InChI is InChI=1S/C12H13ClN2O4/c13-8-3-4-10(11(6-8)15(18)19)12(17)14-5-1-2-9(16)7-14/h3-4,6,9,16H,1-2,5,7H2. The summed E-state index contributed by atoms with van der Waals surface area (Å²) in [7, 11) is 0. The van der Waals surface area contributed by atoms with Crippen LogP contribution in [0.1, 0.15) is 23.2 Å². The third kappa shape index (κ3) is 3.02. The fourth-order valence-corrected chi connectivity index (χ4v) is 2.31. The molecule has 102 valence electrons. The van der Waals surface area contributed by atoms with Crippen LogP contribution in [0.15, 0.2) is 18.2 Å². The molecule has 0 aromatic heterocycles. The lowest BCUT2D eigenvalue weighted by molar-refractivity contribution is -0.385. The number of nitro groups is 1. The van der Waals surface area contributed by atoms with Crippen molar-refractivity contribution in [1.29, 1.82) is 0 Å². The summed E-state index contributed by atoms with van der Waals surface area (Å²) in [5.41, 5.74) is -0.305. The number of benzene rings is 1. The first-order valence-electron chi connectivity index (χ1n) is 5.90. The Morgan fingerprint density at radius 3 is 2.89 bits per heavy atom. The first kappa shape index (κ1) is 13.8. The Bertz CT molecular complexity index is 520. The lowest BCUT2D eigenvalue weighted by Crippen LogP contribution is -2.42. The van der Waals surface area contributed by atoms with Crippen molar-refractivity contribution in [1.82, 2.24) is 4.90 Å². The van der Waals surface area contributed by atoms with E-state index in [1.54, 1.807) is 0 Å². The first-order valence-corrected chi connectivity index (χ1v) is 6.28. The predicted octanol–water partition coefficient (Wildman–Crippen LogP) is 1.85. The van der Waals surface area contributed by atoms with Crippen LogP contribution >= 0.6 is 11.6 Å². The molecular formula is C12H13ClN2O4. The summed E-state index contributed by atoms with van der Waals surface area (Å²) in [5.74, 6) is -0.442. The molecule has 1 N–H and O–H groups in total. The summed E-state index contributed by atoms with van der Waals surface area (Å²) in [6.07, 6.45) is 0.768. The summed E-state index contributed by atoms with van der Waals surface area (Å²) < 4.78 is 0. The number of aliphatic hydroxyl groups excluding tert-OH is 1. The zero-order chi connectivity index (χ0) is 14.0. The maximum atomic E-state index is 12.2. The van der Waals surface area contributed by atoms with Gasteiger partial charge >= 0.3 is 0 Å². The molecule has 1 amide bonds. The van der Waals surface area contributed by atoms with Gasteiger partial charge in [0, 0.05) is 24.2 Å². The highest BCUT2D eigenvalue weighted by molar-refractivity contribution is 6.31. The molecule has 1 aromatic carbocycles. The Labute approximate surface area is 114 Å². The SMILES string of the molecule is O=C(c1ccc(Cl)cc1[N+](=O)[O-])N1CCCC(O)C1. The second-order valence-electron chi connectivity index (χ2n) is 4.47. The maximum absolute atomic E-state index is 12.2. The molecule has 0 saturated carbocycles. The first-order chi connectivity index (χ1) is 8.99. The zero-order valence-corrected chi connectivity index (χ0v) is 10.8. The van der Waals surface area contributed by atoms with E-state index < -0.39 is 16.9 Å². The van der Waals surface area contributed by atoms with Crippen LogP contribution in [0.25, 0.3) is 0 Å². The molecule has 0 aliphatic carbocycles. The molecule has 1 aliphatic heterocycles. The number of rotatable bonds is 2. The van der Waals surface area contributed by atoms with E-state index in [0.717, 1.165) is 6.07 Å². The topological polar surface area (TPSA) is 83.7 Å². The van der Waals surface area contributed by atoms with Gasteiger partial charge in [0.1, 0.15) is 5.56 Å². The molecule has 7 heteroatoms. The van der Waals surface area contributed by atoms with Crippen molar-refractivity contribution in [3.8, 4) is 0 Å². The molecule has 19 heavy (non-hydrogen) atoms. The molecular weight excluding hydrogens is 272 g/mol. The van der Waals surface area contributed by atoms with Crippen LogP contribution in [0.4, 0.5) is 5.69 Å². The number of hydrogen-bond acceptors (Lipinski definition) is 4. The van der Waals surface area contributed by atoms with Gasteiger partial charge in [-0.05, 0) is 25.0 Å². The number of piperidine rings is 1. The Morgan fingerprint density at radius 1 is 1.53 bits per heavy atom. The second kappa shape index (κ2) is 5.54. The molecule has 6 nitrogen and oxygen atoms in total. The van der Waals surface area contributed by atoms with Crippen molar-refractivity contribution in [2.45, 2.75) is 18.9 Å². The summed E-state index contributed by atoms with van der Waals surface area (Å²) in [6.45, 7) is 0.703. The van der Waals surface area contributed by atoms with E-state index in [2.05, 4.69) is 0 Å². The van der Waals surface area contributed by atoms with Crippen molar-refractivity contribution < 1.29 is 14.8 Å². The summed E-state index contributed by atoms with van der Waals surface area (Å²) >= 11 is 5.71. The molecule has 1 fully saturated rings. The van der Waals surface area contributed by atoms with Gasteiger partial charge in [-0.25, -0.2) is 0 Å². The molecule has 1 heterocycles. The van der Waals surface area contributed by atoms with E-state index in [9.17, 15) is 20.0 Å². The number of amides is 1. The van der Waals surface area contributed by atoms with Crippen LogP contribution in [0.5, 0.6) is 0 Å². The number of hydrogen-bond donors (Lipinski definition) is 1. The smallest absolute Gasteiger partial charge is 0.283 e. The Kier molecular flexibility index (Phi) is 4.01. The van der Waals surface area contributed by atoms with Crippen LogP contribution in [-0.2, 0) is 0 Å². The maximum Gasteiger partial charge on any atom is 0.283 e. The van der Waals surface area contributed by atoms with Crippen molar-refractivity contribution in [3.05, 3.63) is 38.9 Å². The Hall–Kier alpha value is -1.66. The van der Waals surface area contributed by atoms with E-state index >= 15 is 0 Å². The van der Waals surface area contributed by atoms with Crippen molar-refractivity contribution in [2.24, 2.45) is 0 Å². The lowest BCUT2D eigenvalue weighted by atomic mass is 10.1. The number of halogens is 1. The van der Waals surface area contributed by atoms with E-state index in [1.807, 2.05) is 0 Å². The fourth-order valence-electron chi connectivity index (χ4n) is 2.15. The second-order valence-corrected chi connectivity index (χ2v) is 4.90. The summed E-state index contributed by atoms with van der Waals surface area (Å²) in [6, 6.07) is 3.96. The Balaban J connectivity index is 2.30. The van der Waals surface area contributed by atoms with Gasteiger partial charge in [-0.2, -0.15) is 0 Å². The van der Waals surface area contributed by atoms with Crippen LogP contribution < -0.4 is 0 Å². The number of likely N-dealkylation sites (tertiary alicyclic amines) is 1. The average Bonchev–Trinajstić information content (AvgIpc) is 2.37. The van der Waals surface area contributed by atoms with Gasteiger partial charge in [-0.15, -0.1) is 0 Å². The van der Waals surface area contributed by atoms with Crippen LogP contribution in [0.3, 0.4) is 0 Å². The third-order valence-electron chi connectivity index (χ3n) is 3.07. The van der Waals surface area contributed by atoms with E-state index in [4.69, 9.17) is 11.6 Å². The molecule has 0 bridgehead atoms. The number of nitro benzene ring substituents is 1. The molecule has 0 spiro atoms. The number of carbonyl (C=O) groups is 1. The third-order valence-corrected chi connectivity index (χ3v) is 3.31. The molecule has 1 atom stereocenters. The van der Waals surface area contributed by atoms with Gasteiger partial charge in [-0.1, -0.05) is 11.6 Å². The number of β-amino-alcohol motifs (C(OH)–C–C–N with tert-alkyl or cyclic N) is 1. The predicted molar refractivity (Wildman–Crippen MR) is 69.3 cm³/mol. The highest BCUT2D eigenvalue weighted by atomic mass is 35.5. The van der Waals surface area contributed by atoms with Crippen molar-refractivity contribution in [3.63, 3.8) is 0 Å². The van der Waals surface area contributed by atoms with Crippen LogP contribution in [0.2, 0.25) is 5.02 Å². The highest BCUT2D eigenvalue weighted by Gasteiger charge is 2.28. The summed E-state index contributed by atoms with van der Waals surface area (Å²) in [4.78, 5) is 24.0. The largest absolute Gasteiger partial charge is 0.391 e. The minimum atomic E-state index is -0.626. The monoisotopic (exact) mass is 284 g/mol. The zero-order valence-electron chi connectivity index (χ0n) is 10.1. The number of carbonyl (C=O) groups excluding carboxylic acids is 1. The van der Waals surface area contributed by atoms with Gasteiger partial charge in [0.15, 0.2) is 0 Å². The number of aliphatic hydroxyl groups is 1. The number of nitrogens with zero attached hydrogens (tertiary/aromatic N) is 2. The molecule has 1 aromatic rings. The minimum absolute atomic E-state index is 0.00324. The van der Waals surface area contributed by atoms with E-state index in [0.29, 0.717) is 19.4 Å². The minimum Gasteiger partial charge on any atom is -0.391 e. The van der Waals surface area contributed by atoms with Crippen LogP contribution in [-0.4, -0.2) is 40.0 Å². The molecule has 1 saturated heterocycles. The van der Waals surface area contributed by atoms with E-state index in [1.165, 1.54) is 17.0 Å². The molecule has 1 aliphatic rings. The van der Waals surface area contributed by atoms with E-state index in [-0.39, 0.29) is 22.8 Å².